The summed E-state index contributed by atoms with van der Waals surface area (Å²) in [7, 11) is 1.77. The van der Waals surface area contributed by atoms with Crippen LogP contribution >= 0.6 is 11.6 Å². The minimum absolute atomic E-state index is 0.566. The van der Waals surface area contributed by atoms with E-state index in [4.69, 9.17) is 16.3 Å². The third-order valence-electron chi connectivity index (χ3n) is 3.09. The number of anilines is 1. The van der Waals surface area contributed by atoms with Crippen molar-refractivity contribution in [1.82, 2.24) is 4.98 Å². The molecule has 1 saturated heterocycles. The molecule has 0 aliphatic carbocycles. The highest BCUT2D eigenvalue weighted by molar-refractivity contribution is 6.29. The molecule has 4 heteroatoms. The second-order valence-corrected chi connectivity index (χ2v) is 4.61. The molecule has 0 bridgehead atoms. The van der Waals surface area contributed by atoms with Gasteiger partial charge in [-0.1, -0.05) is 11.6 Å². The number of ether oxygens (including phenoxy) is 1. The van der Waals surface area contributed by atoms with Gasteiger partial charge in [0.2, 0.25) is 0 Å². The number of nitrogens with zero attached hydrogens (tertiary/aromatic N) is 2. The van der Waals surface area contributed by atoms with Gasteiger partial charge in [0.05, 0.1) is 0 Å². The summed E-state index contributed by atoms with van der Waals surface area (Å²) < 4.78 is 5.19. The summed E-state index contributed by atoms with van der Waals surface area (Å²) in [6.45, 7) is 3.04. The Morgan fingerprint density at radius 2 is 2.25 bits per heavy atom. The first-order chi connectivity index (χ1) is 7.79. The summed E-state index contributed by atoms with van der Waals surface area (Å²) >= 11 is 5.88. The molecule has 1 aliphatic heterocycles. The van der Waals surface area contributed by atoms with Crippen LogP contribution in [0.5, 0.6) is 0 Å². The van der Waals surface area contributed by atoms with E-state index in [-0.39, 0.29) is 0 Å². The molecular weight excluding hydrogens is 224 g/mol. The lowest BCUT2D eigenvalue weighted by molar-refractivity contribution is 0.139. The van der Waals surface area contributed by atoms with E-state index in [1.54, 1.807) is 13.3 Å². The maximum atomic E-state index is 5.88. The number of halogens is 1. The second kappa shape index (κ2) is 5.51. The summed E-state index contributed by atoms with van der Waals surface area (Å²) in [6.07, 6.45) is 4.14. The Morgan fingerprint density at radius 1 is 1.50 bits per heavy atom. The van der Waals surface area contributed by atoms with Crippen molar-refractivity contribution in [2.45, 2.75) is 12.8 Å². The average molecular weight is 241 g/mol. The summed E-state index contributed by atoms with van der Waals surface area (Å²) in [5.41, 5.74) is 1.18. The zero-order valence-corrected chi connectivity index (χ0v) is 10.3. The van der Waals surface area contributed by atoms with Crippen molar-refractivity contribution in [2.75, 3.05) is 31.7 Å². The van der Waals surface area contributed by atoms with E-state index >= 15 is 0 Å². The highest BCUT2D eigenvalue weighted by Crippen LogP contribution is 2.24. The molecule has 1 aromatic rings. The fourth-order valence-electron chi connectivity index (χ4n) is 2.18. The average Bonchev–Trinajstić information content (AvgIpc) is 2.30. The van der Waals surface area contributed by atoms with Gasteiger partial charge in [0.1, 0.15) is 5.15 Å². The fraction of sp³-hybridized carbons (Fsp3) is 0.583. The lowest BCUT2D eigenvalue weighted by atomic mass is 9.97. The Bertz CT molecular complexity index is 338. The lowest BCUT2D eigenvalue weighted by Gasteiger charge is -2.33. The zero-order valence-electron chi connectivity index (χ0n) is 9.53. The topological polar surface area (TPSA) is 25.4 Å². The van der Waals surface area contributed by atoms with E-state index in [0.717, 1.165) is 19.7 Å². The van der Waals surface area contributed by atoms with Crippen LogP contribution in [0.2, 0.25) is 5.15 Å². The van der Waals surface area contributed by atoms with E-state index < -0.39 is 0 Å². The standard InChI is InChI=1S/C12H17ClN2O/c1-16-9-10-3-6-15(7-4-10)11-2-5-14-12(13)8-11/h2,5,8,10H,3-4,6-7,9H2,1H3. The van der Waals surface area contributed by atoms with Crippen LogP contribution < -0.4 is 4.90 Å². The van der Waals surface area contributed by atoms with Crippen molar-refractivity contribution >= 4 is 17.3 Å². The molecule has 0 unspecified atom stereocenters. The summed E-state index contributed by atoms with van der Waals surface area (Å²) in [5.74, 6) is 0.707. The van der Waals surface area contributed by atoms with Crippen molar-refractivity contribution in [3.8, 4) is 0 Å². The van der Waals surface area contributed by atoms with Crippen molar-refractivity contribution in [3.05, 3.63) is 23.5 Å². The summed E-state index contributed by atoms with van der Waals surface area (Å²) in [6, 6.07) is 3.95. The Kier molecular flexibility index (Phi) is 4.02. The summed E-state index contributed by atoms with van der Waals surface area (Å²) in [5, 5.41) is 0.566. The Labute approximate surface area is 101 Å². The maximum Gasteiger partial charge on any atom is 0.131 e. The Hall–Kier alpha value is -0.800. The lowest BCUT2D eigenvalue weighted by Crippen LogP contribution is -2.34. The normalized spacial score (nSPS) is 17.8. The number of hydrogen-bond acceptors (Lipinski definition) is 3. The number of methoxy groups -OCH3 is 1. The van der Waals surface area contributed by atoms with Gasteiger partial charge in [-0.15, -0.1) is 0 Å². The highest BCUT2D eigenvalue weighted by Gasteiger charge is 2.19. The number of aromatic nitrogens is 1. The maximum absolute atomic E-state index is 5.88. The van der Waals surface area contributed by atoms with Crippen LogP contribution in [0.1, 0.15) is 12.8 Å². The van der Waals surface area contributed by atoms with E-state index in [1.165, 1.54) is 18.5 Å². The summed E-state index contributed by atoms with van der Waals surface area (Å²) in [4.78, 5) is 6.36. The molecule has 0 N–H and O–H groups in total. The van der Waals surface area contributed by atoms with Crippen LogP contribution in [0.25, 0.3) is 0 Å². The number of piperidine rings is 1. The molecule has 0 saturated carbocycles. The molecular formula is C12H17ClN2O. The van der Waals surface area contributed by atoms with Gasteiger partial charge in [0.25, 0.3) is 0 Å². The van der Waals surface area contributed by atoms with Crippen molar-refractivity contribution in [2.24, 2.45) is 5.92 Å². The van der Waals surface area contributed by atoms with E-state index in [9.17, 15) is 0 Å². The molecule has 0 amide bonds. The Balaban J connectivity index is 1.94. The van der Waals surface area contributed by atoms with Crippen LogP contribution in [0.3, 0.4) is 0 Å². The molecule has 2 heterocycles. The number of rotatable bonds is 3. The third kappa shape index (κ3) is 2.86. The van der Waals surface area contributed by atoms with Gasteiger partial charge in [-0.05, 0) is 30.9 Å². The van der Waals surface area contributed by atoms with Gasteiger partial charge in [-0.25, -0.2) is 4.98 Å². The van der Waals surface area contributed by atoms with Crippen molar-refractivity contribution < 1.29 is 4.74 Å². The molecule has 0 radical (unpaired) electrons. The molecule has 16 heavy (non-hydrogen) atoms. The highest BCUT2D eigenvalue weighted by atomic mass is 35.5. The van der Waals surface area contributed by atoms with Gasteiger partial charge in [0.15, 0.2) is 0 Å². The predicted molar refractivity (Wildman–Crippen MR) is 66.1 cm³/mol. The third-order valence-corrected chi connectivity index (χ3v) is 3.30. The molecule has 1 fully saturated rings. The number of pyridine rings is 1. The first kappa shape index (κ1) is 11.7. The molecule has 1 aliphatic rings. The van der Waals surface area contributed by atoms with Crippen molar-refractivity contribution in [3.63, 3.8) is 0 Å². The SMILES string of the molecule is COCC1CCN(c2ccnc(Cl)c2)CC1. The first-order valence-corrected chi connectivity index (χ1v) is 6.03. The zero-order chi connectivity index (χ0) is 11.4. The van der Waals surface area contributed by atoms with Gasteiger partial charge < -0.3 is 9.64 Å². The van der Waals surface area contributed by atoms with Crippen LogP contribution in [-0.2, 0) is 4.74 Å². The van der Waals surface area contributed by atoms with Gasteiger partial charge >= 0.3 is 0 Å². The fourth-order valence-corrected chi connectivity index (χ4v) is 2.35. The number of hydrogen-bond donors (Lipinski definition) is 0. The quantitative estimate of drug-likeness (QED) is 0.760. The van der Waals surface area contributed by atoms with Crippen molar-refractivity contribution in [1.29, 1.82) is 0 Å². The van der Waals surface area contributed by atoms with Crippen LogP contribution in [0, 0.1) is 5.92 Å². The largest absolute Gasteiger partial charge is 0.384 e. The molecule has 0 spiro atoms. The molecule has 2 rings (SSSR count). The monoisotopic (exact) mass is 240 g/mol. The van der Waals surface area contributed by atoms with E-state index in [1.807, 2.05) is 12.1 Å². The smallest absolute Gasteiger partial charge is 0.131 e. The molecule has 88 valence electrons. The van der Waals surface area contributed by atoms with Gasteiger partial charge in [0, 0.05) is 38.7 Å². The minimum atomic E-state index is 0.566. The van der Waals surface area contributed by atoms with Gasteiger partial charge in [-0.2, -0.15) is 0 Å². The minimum Gasteiger partial charge on any atom is -0.384 e. The van der Waals surface area contributed by atoms with Crippen LogP contribution in [-0.4, -0.2) is 31.8 Å². The molecule has 1 aromatic heterocycles. The predicted octanol–water partition coefficient (Wildman–Crippen LogP) is 2.60. The Morgan fingerprint density at radius 3 is 2.88 bits per heavy atom. The van der Waals surface area contributed by atoms with E-state index in [0.29, 0.717) is 11.1 Å². The van der Waals surface area contributed by atoms with Crippen LogP contribution in [0.4, 0.5) is 5.69 Å². The second-order valence-electron chi connectivity index (χ2n) is 4.22. The van der Waals surface area contributed by atoms with Gasteiger partial charge in [-0.3, -0.25) is 0 Å². The van der Waals surface area contributed by atoms with Crippen LogP contribution in [0.15, 0.2) is 18.3 Å². The first-order valence-electron chi connectivity index (χ1n) is 5.65. The molecule has 3 nitrogen and oxygen atoms in total. The van der Waals surface area contributed by atoms with E-state index in [2.05, 4.69) is 9.88 Å². The molecule has 0 atom stereocenters. The molecule has 0 aromatic carbocycles.